The quantitative estimate of drug-likeness (QED) is 0.661. The van der Waals surface area contributed by atoms with Gasteiger partial charge in [-0.05, 0) is 25.1 Å². The third-order valence-corrected chi connectivity index (χ3v) is 5.31. The van der Waals surface area contributed by atoms with Gasteiger partial charge in [-0.15, -0.1) is 0 Å². The van der Waals surface area contributed by atoms with Crippen molar-refractivity contribution in [2.75, 3.05) is 13.1 Å². The van der Waals surface area contributed by atoms with Gasteiger partial charge in [0.1, 0.15) is 18.4 Å². The highest BCUT2D eigenvalue weighted by Crippen LogP contribution is 2.18. The first-order valence-electron chi connectivity index (χ1n) is 9.48. The fraction of sp³-hybridized carbons (Fsp3) is 0.333. The lowest BCUT2D eigenvalue weighted by Gasteiger charge is -2.18. The Kier molecular flexibility index (Phi) is 4.92. The molecule has 0 saturated carbocycles. The van der Waals surface area contributed by atoms with Crippen LogP contribution in [-0.4, -0.2) is 44.1 Å². The number of hydrogen-bond acceptors (Lipinski definition) is 5. The van der Waals surface area contributed by atoms with Gasteiger partial charge in [-0.1, -0.05) is 12.1 Å². The van der Waals surface area contributed by atoms with Crippen molar-refractivity contribution in [1.82, 2.24) is 19.0 Å². The van der Waals surface area contributed by atoms with Crippen molar-refractivity contribution >= 4 is 16.8 Å². The molecule has 29 heavy (non-hydrogen) atoms. The highest BCUT2D eigenvalue weighted by atomic mass is 16.5. The first kappa shape index (κ1) is 18.9. The van der Waals surface area contributed by atoms with Crippen LogP contribution >= 0.6 is 0 Å². The van der Waals surface area contributed by atoms with E-state index in [1.54, 1.807) is 34.7 Å². The van der Waals surface area contributed by atoms with E-state index in [1.165, 1.54) is 17.0 Å². The third-order valence-electron chi connectivity index (χ3n) is 5.31. The topological polar surface area (TPSA) is 86.4 Å². The molecular weight excluding hydrogens is 372 g/mol. The first-order valence-corrected chi connectivity index (χ1v) is 9.48. The Hall–Kier alpha value is -3.42. The van der Waals surface area contributed by atoms with E-state index in [4.69, 9.17) is 4.74 Å². The van der Waals surface area contributed by atoms with Gasteiger partial charge in [0.2, 0.25) is 5.91 Å². The number of rotatable bonds is 4. The fourth-order valence-electron chi connectivity index (χ4n) is 3.51. The van der Waals surface area contributed by atoms with Crippen LogP contribution < -0.4 is 15.9 Å². The summed E-state index contributed by atoms with van der Waals surface area (Å²) in [6, 6.07) is 10.3. The summed E-state index contributed by atoms with van der Waals surface area (Å²) in [5.41, 5.74) is 1.06. The van der Waals surface area contributed by atoms with Gasteiger partial charge in [0.05, 0.1) is 23.8 Å². The van der Waals surface area contributed by atoms with Crippen LogP contribution in [0.25, 0.3) is 10.9 Å². The van der Waals surface area contributed by atoms with Crippen molar-refractivity contribution in [3.05, 3.63) is 69.1 Å². The molecule has 0 radical (unpaired) electrons. The van der Waals surface area contributed by atoms with E-state index in [9.17, 15) is 14.4 Å². The predicted octanol–water partition coefficient (Wildman–Crippen LogP) is 1.08. The third kappa shape index (κ3) is 3.78. The zero-order chi connectivity index (χ0) is 20.5. The van der Waals surface area contributed by atoms with Crippen LogP contribution in [0.4, 0.5) is 0 Å². The Morgan fingerprint density at radius 2 is 2.03 bits per heavy atom. The van der Waals surface area contributed by atoms with E-state index in [0.29, 0.717) is 36.2 Å². The first-order chi connectivity index (χ1) is 13.9. The highest BCUT2D eigenvalue weighted by Gasteiger charge is 2.28. The summed E-state index contributed by atoms with van der Waals surface area (Å²) < 4.78 is 8.80. The second-order valence-electron chi connectivity index (χ2n) is 7.29. The second-order valence-corrected chi connectivity index (χ2v) is 7.29. The van der Waals surface area contributed by atoms with E-state index in [1.807, 2.05) is 19.1 Å². The molecule has 8 heteroatoms. The van der Waals surface area contributed by atoms with Crippen LogP contribution in [0.2, 0.25) is 0 Å². The smallest absolute Gasteiger partial charge is 0.261 e. The Bertz CT molecular complexity index is 1200. The average Bonchev–Trinajstić information content (AvgIpc) is 3.17. The van der Waals surface area contributed by atoms with Crippen molar-refractivity contribution in [2.45, 2.75) is 26.0 Å². The number of para-hydroxylation sites is 1. The standard InChI is InChI=1S/C21H22N4O4/c1-14-9-16(10-19(26)23(14)2)29-15-7-8-24(11-15)20(27)12-25-13-22-18-6-4-3-5-17(18)21(25)28/h3-6,9-10,13,15H,7-8,11-12H2,1-2H3. The maximum Gasteiger partial charge on any atom is 0.261 e. The number of carbonyl (C=O) groups is 1. The number of likely N-dealkylation sites (tertiary alicyclic amines) is 1. The number of aromatic nitrogens is 3. The summed E-state index contributed by atoms with van der Waals surface area (Å²) in [7, 11) is 1.71. The number of carbonyl (C=O) groups excluding carboxylic acids is 1. The molecule has 1 saturated heterocycles. The molecule has 0 N–H and O–H groups in total. The minimum Gasteiger partial charge on any atom is -0.488 e. The number of nitrogens with zero attached hydrogens (tertiary/aromatic N) is 4. The maximum absolute atomic E-state index is 12.7. The molecule has 1 fully saturated rings. The summed E-state index contributed by atoms with van der Waals surface area (Å²) in [5.74, 6) is 0.357. The molecule has 1 aliphatic rings. The highest BCUT2D eigenvalue weighted by molar-refractivity contribution is 5.79. The largest absolute Gasteiger partial charge is 0.488 e. The van der Waals surface area contributed by atoms with Crippen LogP contribution in [0.1, 0.15) is 12.1 Å². The molecular formula is C21H22N4O4. The van der Waals surface area contributed by atoms with E-state index < -0.39 is 0 Å². The fourth-order valence-corrected chi connectivity index (χ4v) is 3.51. The van der Waals surface area contributed by atoms with Crippen molar-refractivity contribution in [2.24, 2.45) is 7.05 Å². The minimum atomic E-state index is -0.230. The van der Waals surface area contributed by atoms with E-state index >= 15 is 0 Å². The monoisotopic (exact) mass is 394 g/mol. The molecule has 1 amide bonds. The summed E-state index contributed by atoms with van der Waals surface area (Å²) in [6.07, 6.45) is 1.90. The molecule has 2 aromatic heterocycles. The molecule has 1 atom stereocenters. The minimum absolute atomic E-state index is 0.0611. The normalized spacial score (nSPS) is 16.3. The zero-order valence-corrected chi connectivity index (χ0v) is 16.4. The van der Waals surface area contributed by atoms with Crippen LogP contribution in [0, 0.1) is 6.92 Å². The molecule has 0 aliphatic carbocycles. The zero-order valence-electron chi connectivity index (χ0n) is 16.4. The molecule has 0 spiro atoms. The van der Waals surface area contributed by atoms with Gasteiger partial charge in [-0.2, -0.15) is 0 Å². The Morgan fingerprint density at radius 3 is 2.83 bits per heavy atom. The number of ether oxygens (including phenoxy) is 1. The Labute approximate surface area is 167 Å². The van der Waals surface area contributed by atoms with Gasteiger partial charge in [0.15, 0.2) is 0 Å². The average molecular weight is 394 g/mol. The lowest BCUT2D eigenvalue weighted by molar-refractivity contribution is -0.131. The van der Waals surface area contributed by atoms with Gasteiger partial charge in [0.25, 0.3) is 11.1 Å². The van der Waals surface area contributed by atoms with Crippen LogP contribution in [0.15, 0.2) is 52.3 Å². The molecule has 1 aliphatic heterocycles. The SMILES string of the molecule is Cc1cc(OC2CCN(C(=O)Cn3cnc4ccccc4c3=O)C2)cc(=O)n1C. The molecule has 3 heterocycles. The van der Waals surface area contributed by atoms with Gasteiger partial charge < -0.3 is 14.2 Å². The molecule has 0 bridgehead atoms. The number of aryl methyl sites for hydroxylation is 1. The number of hydrogen-bond donors (Lipinski definition) is 0. The van der Waals surface area contributed by atoms with Gasteiger partial charge in [-0.25, -0.2) is 4.98 Å². The van der Waals surface area contributed by atoms with E-state index in [2.05, 4.69) is 4.98 Å². The van der Waals surface area contributed by atoms with Crippen LogP contribution in [0.3, 0.4) is 0 Å². The van der Waals surface area contributed by atoms with Crippen molar-refractivity contribution in [1.29, 1.82) is 0 Å². The maximum atomic E-state index is 12.7. The number of fused-ring (bicyclic) bond motifs is 1. The van der Waals surface area contributed by atoms with Crippen LogP contribution in [0.5, 0.6) is 5.75 Å². The molecule has 1 unspecified atom stereocenters. The molecule has 150 valence electrons. The van der Waals surface area contributed by atoms with Crippen LogP contribution in [-0.2, 0) is 18.4 Å². The van der Waals surface area contributed by atoms with E-state index in [-0.39, 0.29) is 29.7 Å². The van der Waals surface area contributed by atoms with Crippen molar-refractivity contribution in [3.63, 3.8) is 0 Å². The summed E-state index contributed by atoms with van der Waals surface area (Å²) in [4.78, 5) is 43.1. The Balaban J connectivity index is 1.43. The van der Waals surface area contributed by atoms with Crippen molar-refractivity contribution < 1.29 is 9.53 Å². The van der Waals surface area contributed by atoms with Gasteiger partial charge in [-0.3, -0.25) is 19.0 Å². The second kappa shape index (κ2) is 7.54. The molecule has 8 nitrogen and oxygen atoms in total. The van der Waals surface area contributed by atoms with E-state index in [0.717, 1.165) is 5.69 Å². The number of amides is 1. The summed E-state index contributed by atoms with van der Waals surface area (Å²) in [5, 5.41) is 0.492. The predicted molar refractivity (Wildman–Crippen MR) is 108 cm³/mol. The molecule has 1 aromatic carbocycles. The number of benzene rings is 1. The van der Waals surface area contributed by atoms with Gasteiger partial charge >= 0.3 is 0 Å². The van der Waals surface area contributed by atoms with Gasteiger partial charge in [0, 0.05) is 31.8 Å². The number of pyridine rings is 1. The summed E-state index contributed by atoms with van der Waals surface area (Å²) in [6.45, 7) is 2.74. The Morgan fingerprint density at radius 1 is 1.24 bits per heavy atom. The van der Waals surface area contributed by atoms with Crippen molar-refractivity contribution in [3.8, 4) is 5.75 Å². The lowest BCUT2D eigenvalue weighted by atomic mass is 10.2. The molecule has 4 rings (SSSR count). The molecule has 3 aromatic rings. The lowest BCUT2D eigenvalue weighted by Crippen LogP contribution is -2.36. The summed E-state index contributed by atoms with van der Waals surface area (Å²) >= 11 is 0.